The number of carbonyl (C=O) groups excluding carboxylic acids is 1. The monoisotopic (exact) mass is 263 g/mol. The summed E-state index contributed by atoms with van der Waals surface area (Å²) in [5.41, 5.74) is 0.295. The van der Waals surface area contributed by atoms with Gasteiger partial charge in [0.25, 0.3) is 0 Å². The number of hydrogen-bond acceptors (Lipinski definition) is 4. The Morgan fingerprint density at radius 1 is 1.63 bits per heavy atom. The van der Waals surface area contributed by atoms with Crippen molar-refractivity contribution in [2.45, 2.75) is 12.5 Å². The van der Waals surface area contributed by atoms with Gasteiger partial charge >= 0.3 is 0 Å². The largest absolute Gasteiger partial charge is 0.375 e. The van der Waals surface area contributed by atoms with E-state index in [1.165, 1.54) is 12.1 Å². The fourth-order valence-corrected chi connectivity index (χ4v) is 1.84. The number of anilines is 1. The molecule has 1 saturated heterocycles. The highest BCUT2D eigenvalue weighted by Crippen LogP contribution is 2.16. The van der Waals surface area contributed by atoms with E-state index in [4.69, 9.17) is 10.00 Å². The lowest BCUT2D eigenvalue weighted by Gasteiger charge is -2.23. The van der Waals surface area contributed by atoms with Crippen molar-refractivity contribution in [3.8, 4) is 6.07 Å². The van der Waals surface area contributed by atoms with Crippen LogP contribution in [0.1, 0.15) is 12.0 Å². The Hall–Kier alpha value is -1.97. The first-order valence-electron chi connectivity index (χ1n) is 6.01. The van der Waals surface area contributed by atoms with Gasteiger partial charge in [0.15, 0.2) is 0 Å². The highest BCUT2D eigenvalue weighted by Gasteiger charge is 2.18. The average Bonchev–Trinajstić information content (AvgIpc) is 2.42. The van der Waals surface area contributed by atoms with Gasteiger partial charge in [0.1, 0.15) is 5.82 Å². The minimum absolute atomic E-state index is 0.0766. The van der Waals surface area contributed by atoms with Gasteiger partial charge in [0.2, 0.25) is 5.91 Å². The van der Waals surface area contributed by atoms with E-state index in [0.717, 1.165) is 12.6 Å². The highest BCUT2D eigenvalue weighted by molar-refractivity contribution is 5.91. The van der Waals surface area contributed by atoms with Crippen LogP contribution in [-0.2, 0) is 9.53 Å². The Labute approximate surface area is 110 Å². The van der Waals surface area contributed by atoms with E-state index in [2.05, 4.69) is 10.6 Å². The van der Waals surface area contributed by atoms with Crippen molar-refractivity contribution in [1.82, 2.24) is 5.32 Å². The molecule has 1 fully saturated rings. The maximum atomic E-state index is 13.6. The molecule has 0 aromatic heterocycles. The molecular formula is C13H14FN3O2. The summed E-state index contributed by atoms with van der Waals surface area (Å²) >= 11 is 0. The molecule has 100 valence electrons. The Balaban J connectivity index is 1.93. The SMILES string of the molecule is N#Cc1ccc(NC(=O)CC2CNCCO2)c(F)c1. The predicted octanol–water partition coefficient (Wildman–Crippen LogP) is 1.01. The number of nitrogens with zero attached hydrogens (tertiary/aromatic N) is 1. The molecule has 6 heteroatoms. The normalized spacial score (nSPS) is 18.6. The van der Waals surface area contributed by atoms with E-state index in [-0.39, 0.29) is 29.7 Å². The number of rotatable bonds is 3. The third-order valence-electron chi connectivity index (χ3n) is 2.79. The van der Waals surface area contributed by atoms with Crippen LogP contribution in [-0.4, -0.2) is 31.7 Å². The smallest absolute Gasteiger partial charge is 0.227 e. The van der Waals surface area contributed by atoms with Crippen LogP contribution < -0.4 is 10.6 Å². The Morgan fingerprint density at radius 2 is 2.47 bits per heavy atom. The van der Waals surface area contributed by atoms with Crippen molar-refractivity contribution in [1.29, 1.82) is 5.26 Å². The lowest BCUT2D eigenvalue weighted by molar-refractivity contribution is -0.119. The van der Waals surface area contributed by atoms with Crippen LogP contribution in [0.5, 0.6) is 0 Å². The molecule has 1 unspecified atom stereocenters. The van der Waals surface area contributed by atoms with Gasteiger partial charge in [-0.05, 0) is 18.2 Å². The van der Waals surface area contributed by atoms with Crippen LogP contribution >= 0.6 is 0 Å². The van der Waals surface area contributed by atoms with Gasteiger partial charge in [-0.1, -0.05) is 0 Å². The molecule has 0 aliphatic carbocycles. The molecule has 0 spiro atoms. The molecule has 5 nitrogen and oxygen atoms in total. The van der Waals surface area contributed by atoms with Gasteiger partial charge < -0.3 is 15.4 Å². The number of halogens is 1. The number of ether oxygens (including phenoxy) is 1. The summed E-state index contributed by atoms with van der Waals surface area (Å²) in [6, 6.07) is 5.76. The van der Waals surface area contributed by atoms with Crippen molar-refractivity contribution in [2.75, 3.05) is 25.0 Å². The zero-order valence-electron chi connectivity index (χ0n) is 10.3. The zero-order valence-corrected chi connectivity index (χ0v) is 10.3. The van der Waals surface area contributed by atoms with Crippen LogP contribution in [0.15, 0.2) is 18.2 Å². The lowest BCUT2D eigenvalue weighted by atomic mass is 10.2. The Morgan fingerprint density at radius 3 is 3.11 bits per heavy atom. The second kappa shape index (κ2) is 6.27. The summed E-state index contributed by atoms with van der Waals surface area (Å²) in [7, 11) is 0. The molecule has 19 heavy (non-hydrogen) atoms. The van der Waals surface area contributed by atoms with E-state index in [1.807, 2.05) is 6.07 Å². The van der Waals surface area contributed by atoms with E-state index in [9.17, 15) is 9.18 Å². The molecule has 1 atom stereocenters. The van der Waals surface area contributed by atoms with Gasteiger partial charge in [-0.25, -0.2) is 4.39 Å². The standard InChI is InChI=1S/C13H14FN3O2/c14-11-5-9(7-15)1-2-12(11)17-13(18)6-10-8-16-3-4-19-10/h1-2,5,10,16H,3-4,6,8H2,(H,17,18). The molecule has 1 aliphatic rings. The quantitative estimate of drug-likeness (QED) is 0.853. The fraction of sp³-hybridized carbons (Fsp3) is 0.385. The molecule has 1 aliphatic heterocycles. The maximum Gasteiger partial charge on any atom is 0.227 e. The molecule has 1 amide bonds. The van der Waals surface area contributed by atoms with Crippen LogP contribution in [0.4, 0.5) is 10.1 Å². The molecule has 1 heterocycles. The number of nitrogens with one attached hydrogen (secondary N) is 2. The summed E-state index contributed by atoms with van der Waals surface area (Å²) in [4.78, 5) is 11.7. The molecule has 1 aromatic carbocycles. The van der Waals surface area contributed by atoms with Crippen LogP contribution in [0, 0.1) is 17.1 Å². The molecule has 1 aromatic rings. The van der Waals surface area contributed by atoms with E-state index >= 15 is 0 Å². The first-order chi connectivity index (χ1) is 9.19. The average molecular weight is 263 g/mol. The number of nitriles is 1. The minimum Gasteiger partial charge on any atom is -0.375 e. The third kappa shape index (κ3) is 3.74. The summed E-state index contributed by atoms with van der Waals surface area (Å²) < 4.78 is 19.0. The van der Waals surface area contributed by atoms with Crippen molar-refractivity contribution < 1.29 is 13.9 Å². The van der Waals surface area contributed by atoms with Crippen LogP contribution in [0.25, 0.3) is 0 Å². The van der Waals surface area contributed by atoms with Gasteiger partial charge in [-0.15, -0.1) is 0 Å². The highest BCUT2D eigenvalue weighted by atomic mass is 19.1. The van der Waals surface area contributed by atoms with Crippen LogP contribution in [0.3, 0.4) is 0 Å². The first kappa shape index (κ1) is 13.5. The van der Waals surface area contributed by atoms with Crippen LogP contribution in [0.2, 0.25) is 0 Å². The number of carbonyl (C=O) groups is 1. The van der Waals surface area contributed by atoms with Crippen molar-refractivity contribution in [2.24, 2.45) is 0 Å². The van der Waals surface area contributed by atoms with Gasteiger partial charge in [0.05, 0.1) is 36.5 Å². The fourth-order valence-electron chi connectivity index (χ4n) is 1.84. The molecule has 2 N–H and O–H groups in total. The van der Waals surface area contributed by atoms with Gasteiger partial charge in [-0.2, -0.15) is 5.26 Å². The number of benzene rings is 1. The summed E-state index contributed by atoms with van der Waals surface area (Å²) in [6.45, 7) is 1.97. The third-order valence-corrected chi connectivity index (χ3v) is 2.79. The van der Waals surface area contributed by atoms with E-state index < -0.39 is 5.82 Å². The predicted molar refractivity (Wildman–Crippen MR) is 67.0 cm³/mol. The second-order valence-corrected chi connectivity index (χ2v) is 4.26. The maximum absolute atomic E-state index is 13.6. The van der Waals surface area contributed by atoms with E-state index in [0.29, 0.717) is 13.2 Å². The first-order valence-corrected chi connectivity index (χ1v) is 6.01. The molecule has 2 rings (SSSR count). The Bertz CT molecular complexity index is 507. The topological polar surface area (TPSA) is 74.2 Å². The van der Waals surface area contributed by atoms with Crippen molar-refractivity contribution in [3.63, 3.8) is 0 Å². The van der Waals surface area contributed by atoms with Crippen molar-refractivity contribution >= 4 is 11.6 Å². The van der Waals surface area contributed by atoms with Gasteiger partial charge in [-0.3, -0.25) is 4.79 Å². The Kier molecular flexibility index (Phi) is 4.44. The summed E-state index contributed by atoms with van der Waals surface area (Å²) in [6.07, 6.45) is -0.0119. The zero-order chi connectivity index (χ0) is 13.7. The minimum atomic E-state index is -0.616. The second-order valence-electron chi connectivity index (χ2n) is 4.26. The van der Waals surface area contributed by atoms with Crippen molar-refractivity contribution in [3.05, 3.63) is 29.6 Å². The van der Waals surface area contributed by atoms with Gasteiger partial charge in [0, 0.05) is 13.1 Å². The lowest BCUT2D eigenvalue weighted by Crippen LogP contribution is -2.40. The molecule has 0 saturated carbocycles. The summed E-state index contributed by atoms with van der Waals surface area (Å²) in [5.74, 6) is -0.924. The number of hydrogen-bond donors (Lipinski definition) is 2. The molecule has 0 radical (unpaired) electrons. The van der Waals surface area contributed by atoms with E-state index in [1.54, 1.807) is 0 Å². The number of morpholine rings is 1. The number of amides is 1. The molecule has 0 bridgehead atoms. The molecular weight excluding hydrogens is 249 g/mol. The summed E-state index contributed by atoms with van der Waals surface area (Å²) in [5, 5.41) is 14.2.